The minimum atomic E-state index is -1.24. The quantitative estimate of drug-likeness (QED) is 0.622. The van der Waals surface area contributed by atoms with Crippen molar-refractivity contribution in [1.82, 2.24) is 0 Å². The smallest absolute Gasteiger partial charge is 0.161 e. The molecule has 0 radical (unpaired) electrons. The molecule has 0 saturated heterocycles. The number of ether oxygens (including phenoxy) is 2. The van der Waals surface area contributed by atoms with E-state index in [4.69, 9.17) is 9.47 Å². The lowest BCUT2D eigenvalue weighted by atomic mass is 10.0. The molecule has 2 aromatic rings. The van der Waals surface area contributed by atoms with Gasteiger partial charge in [0.2, 0.25) is 0 Å². The largest absolute Gasteiger partial charge is 0.545 e. The van der Waals surface area contributed by atoms with Crippen molar-refractivity contribution in [2.24, 2.45) is 0 Å². The molecule has 0 aliphatic heterocycles. The van der Waals surface area contributed by atoms with E-state index in [1.807, 2.05) is 30.3 Å². The van der Waals surface area contributed by atoms with Crippen molar-refractivity contribution in [1.29, 1.82) is 0 Å². The highest BCUT2D eigenvalue weighted by atomic mass is 16.5. The molecule has 0 amide bonds. The summed E-state index contributed by atoms with van der Waals surface area (Å²) in [5.74, 6) is -0.236. The second kappa shape index (κ2) is 6.61. The predicted octanol–water partition coefficient (Wildman–Crippen LogP) is 1.99. The second-order valence-electron chi connectivity index (χ2n) is 4.33. The molecule has 0 saturated carbocycles. The van der Waals surface area contributed by atoms with Crippen LogP contribution in [0.5, 0.6) is 11.5 Å². The number of aliphatic carboxylic acids is 1. The van der Waals surface area contributed by atoms with Crippen LogP contribution >= 0.6 is 0 Å². The monoisotopic (exact) mass is 283 g/mol. The summed E-state index contributed by atoms with van der Waals surface area (Å²) in [6, 6.07) is 14.1. The topological polar surface area (TPSA) is 58.6 Å². The van der Waals surface area contributed by atoms with E-state index >= 15 is 0 Å². The fraction of sp³-hybridized carbons (Fsp3) is 0.118. The van der Waals surface area contributed by atoms with Crippen LogP contribution in [0.3, 0.4) is 0 Å². The maximum Gasteiger partial charge on any atom is 0.161 e. The highest BCUT2D eigenvalue weighted by Crippen LogP contribution is 2.30. The standard InChI is InChI=1S/C17H16O4/c1-20-15-9-8-13(11-16(15)21-2)14(17(18)19)10-12-6-4-3-5-7-12/h3-11H,1-2H3,(H,18,19)/p-1/b14-10-. The Kier molecular flexibility index (Phi) is 4.61. The minimum absolute atomic E-state index is 0.0853. The zero-order valence-electron chi connectivity index (χ0n) is 11.8. The average molecular weight is 283 g/mol. The summed E-state index contributed by atoms with van der Waals surface area (Å²) in [6.45, 7) is 0. The van der Waals surface area contributed by atoms with Crippen molar-refractivity contribution in [2.45, 2.75) is 0 Å². The van der Waals surface area contributed by atoms with E-state index in [-0.39, 0.29) is 5.57 Å². The molecule has 0 aliphatic rings. The van der Waals surface area contributed by atoms with Crippen LogP contribution in [-0.2, 0) is 4.79 Å². The number of hydrogen-bond donors (Lipinski definition) is 0. The van der Waals surface area contributed by atoms with Crippen LogP contribution in [-0.4, -0.2) is 20.2 Å². The maximum absolute atomic E-state index is 11.4. The van der Waals surface area contributed by atoms with Crippen LogP contribution in [0, 0.1) is 0 Å². The van der Waals surface area contributed by atoms with Gasteiger partial charge in [-0.05, 0) is 29.3 Å². The Morgan fingerprint density at radius 1 is 1.00 bits per heavy atom. The van der Waals surface area contributed by atoms with Crippen LogP contribution in [0.25, 0.3) is 11.6 Å². The van der Waals surface area contributed by atoms with E-state index in [1.165, 1.54) is 14.2 Å². The molecule has 0 aliphatic carbocycles. The van der Waals surface area contributed by atoms with Crippen LogP contribution in [0.4, 0.5) is 0 Å². The van der Waals surface area contributed by atoms with Gasteiger partial charge in [0.1, 0.15) is 0 Å². The number of rotatable bonds is 5. The Bertz CT molecular complexity index is 660. The van der Waals surface area contributed by atoms with E-state index in [9.17, 15) is 9.90 Å². The van der Waals surface area contributed by atoms with Gasteiger partial charge in [-0.15, -0.1) is 0 Å². The Morgan fingerprint density at radius 3 is 2.24 bits per heavy atom. The highest BCUT2D eigenvalue weighted by molar-refractivity contribution is 6.19. The molecule has 0 heterocycles. The minimum Gasteiger partial charge on any atom is -0.545 e. The maximum atomic E-state index is 11.4. The first-order chi connectivity index (χ1) is 10.2. The molecule has 108 valence electrons. The summed E-state index contributed by atoms with van der Waals surface area (Å²) in [5, 5.41) is 11.4. The van der Waals surface area contributed by atoms with E-state index in [0.717, 1.165) is 5.56 Å². The lowest BCUT2D eigenvalue weighted by Crippen LogP contribution is -2.23. The molecule has 4 heteroatoms. The van der Waals surface area contributed by atoms with Gasteiger partial charge in [0.05, 0.1) is 20.2 Å². The van der Waals surface area contributed by atoms with Crippen molar-refractivity contribution in [2.75, 3.05) is 14.2 Å². The number of hydrogen-bond acceptors (Lipinski definition) is 4. The van der Waals surface area contributed by atoms with Crippen LogP contribution in [0.2, 0.25) is 0 Å². The molecule has 0 aromatic heterocycles. The van der Waals surface area contributed by atoms with Crippen molar-refractivity contribution in [3.8, 4) is 11.5 Å². The zero-order chi connectivity index (χ0) is 15.2. The molecule has 21 heavy (non-hydrogen) atoms. The lowest BCUT2D eigenvalue weighted by Gasteiger charge is -2.13. The number of carboxylic acid groups (broad SMARTS) is 1. The third-order valence-electron chi connectivity index (χ3n) is 3.03. The van der Waals surface area contributed by atoms with Gasteiger partial charge in [0.15, 0.2) is 11.5 Å². The highest BCUT2D eigenvalue weighted by Gasteiger charge is 2.09. The molecule has 0 bridgehead atoms. The van der Waals surface area contributed by atoms with Crippen LogP contribution in [0.15, 0.2) is 48.5 Å². The molecule has 2 rings (SSSR count). The molecule has 0 fully saturated rings. The molecular weight excluding hydrogens is 268 g/mol. The van der Waals surface area contributed by atoms with Crippen LogP contribution in [0.1, 0.15) is 11.1 Å². The summed E-state index contributed by atoms with van der Waals surface area (Å²) in [6.07, 6.45) is 1.57. The zero-order valence-corrected chi connectivity index (χ0v) is 11.8. The van der Waals surface area contributed by atoms with E-state index in [0.29, 0.717) is 17.1 Å². The van der Waals surface area contributed by atoms with Gasteiger partial charge < -0.3 is 19.4 Å². The van der Waals surface area contributed by atoms with E-state index in [1.54, 1.807) is 24.3 Å². The van der Waals surface area contributed by atoms with Crippen molar-refractivity contribution in [3.63, 3.8) is 0 Å². The molecular formula is C17H15O4-. The van der Waals surface area contributed by atoms with Gasteiger partial charge in [-0.3, -0.25) is 0 Å². The number of methoxy groups -OCH3 is 2. The van der Waals surface area contributed by atoms with Crippen LogP contribution < -0.4 is 14.6 Å². The van der Waals surface area contributed by atoms with Gasteiger partial charge in [-0.25, -0.2) is 0 Å². The Morgan fingerprint density at radius 2 is 1.67 bits per heavy atom. The summed E-state index contributed by atoms with van der Waals surface area (Å²) in [5.41, 5.74) is 1.37. The summed E-state index contributed by atoms with van der Waals surface area (Å²) in [4.78, 5) is 11.4. The first kappa shape index (κ1) is 14.7. The third kappa shape index (κ3) is 3.42. The summed E-state index contributed by atoms with van der Waals surface area (Å²) >= 11 is 0. The summed E-state index contributed by atoms with van der Waals surface area (Å²) < 4.78 is 10.3. The van der Waals surface area contributed by atoms with Gasteiger partial charge in [0, 0.05) is 5.57 Å². The average Bonchev–Trinajstić information content (AvgIpc) is 2.52. The molecule has 0 N–H and O–H groups in total. The molecule has 0 spiro atoms. The lowest BCUT2D eigenvalue weighted by molar-refractivity contribution is -0.295. The SMILES string of the molecule is COc1ccc(/C(=C/c2ccccc2)C(=O)[O-])cc1OC. The normalized spacial score (nSPS) is 11.0. The number of carboxylic acids is 1. The Balaban J connectivity index is 2.49. The van der Waals surface area contributed by atoms with E-state index in [2.05, 4.69) is 0 Å². The van der Waals surface area contributed by atoms with Gasteiger partial charge in [-0.1, -0.05) is 36.4 Å². The molecule has 0 unspecified atom stereocenters. The fourth-order valence-corrected chi connectivity index (χ4v) is 1.98. The van der Waals surface area contributed by atoms with Gasteiger partial charge >= 0.3 is 0 Å². The molecule has 0 atom stereocenters. The number of carbonyl (C=O) groups excluding carboxylic acids is 1. The Hall–Kier alpha value is -2.75. The molecule has 2 aromatic carbocycles. The van der Waals surface area contributed by atoms with Gasteiger partial charge in [-0.2, -0.15) is 0 Å². The first-order valence-corrected chi connectivity index (χ1v) is 6.36. The van der Waals surface area contributed by atoms with Gasteiger partial charge in [0.25, 0.3) is 0 Å². The summed E-state index contributed by atoms with van der Waals surface area (Å²) in [7, 11) is 3.03. The van der Waals surface area contributed by atoms with Crippen molar-refractivity contribution >= 4 is 17.6 Å². The first-order valence-electron chi connectivity index (χ1n) is 6.36. The number of carbonyl (C=O) groups is 1. The Labute approximate surface area is 123 Å². The second-order valence-corrected chi connectivity index (χ2v) is 4.33. The number of benzene rings is 2. The predicted molar refractivity (Wildman–Crippen MR) is 78.9 cm³/mol. The fourth-order valence-electron chi connectivity index (χ4n) is 1.98. The van der Waals surface area contributed by atoms with Crippen molar-refractivity contribution < 1.29 is 19.4 Å². The molecule has 4 nitrogen and oxygen atoms in total. The van der Waals surface area contributed by atoms with Crippen molar-refractivity contribution in [3.05, 3.63) is 59.7 Å². The third-order valence-corrected chi connectivity index (χ3v) is 3.03. The van der Waals surface area contributed by atoms with E-state index < -0.39 is 5.97 Å².